The second kappa shape index (κ2) is 7.14. The number of rotatable bonds is 4. The Bertz CT molecular complexity index is 609. The molecule has 1 atom stereocenters. The molecule has 0 radical (unpaired) electrons. The third kappa shape index (κ3) is 4.55. The molecule has 1 amide bonds. The van der Waals surface area contributed by atoms with Crippen molar-refractivity contribution in [1.82, 2.24) is 9.47 Å². The second-order valence-electron chi connectivity index (χ2n) is 5.19. The largest absolute Gasteiger partial charge is 0.421 e. The van der Waals surface area contributed by atoms with Crippen LogP contribution < -0.4 is 5.56 Å². The van der Waals surface area contributed by atoms with Crippen LogP contribution in [0.2, 0.25) is 0 Å². The van der Waals surface area contributed by atoms with Gasteiger partial charge >= 0.3 is 6.18 Å². The number of ether oxygens (including phenoxy) is 2. The van der Waals surface area contributed by atoms with E-state index in [0.29, 0.717) is 25.9 Å². The predicted octanol–water partition coefficient (Wildman–Crippen LogP) is 0.741. The van der Waals surface area contributed by atoms with Gasteiger partial charge in [0, 0.05) is 19.8 Å². The molecule has 0 saturated carbocycles. The van der Waals surface area contributed by atoms with Crippen molar-refractivity contribution in [2.24, 2.45) is 0 Å². The van der Waals surface area contributed by atoms with Crippen LogP contribution in [0.25, 0.3) is 0 Å². The number of aromatic nitrogens is 1. The molecule has 0 unspecified atom stereocenters. The third-order valence-corrected chi connectivity index (χ3v) is 3.42. The van der Waals surface area contributed by atoms with E-state index in [-0.39, 0.29) is 12.6 Å². The quantitative estimate of drug-likeness (QED) is 0.815. The van der Waals surface area contributed by atoms with Gasteiger partial charge in [-0.2, -0.15) is 13.2 Å². The summed E-state index contributed by atoms with van der Waals surface area (Å²) in [6, 6.07) is 1.79. The first-order valence-electron chi connectivity index (χ1n) is 6.99. The summed E-state index contributed by atoms with van der Waals surface area (Å²) in [6.45, 7) is 1.05. The van der Waals surface area contributed by atoms with Crippen molar-refractivity contribution < 1.29 is 27.4 Å². The van der Waals surface area contributed by atoms with Crippen molar-refractivity contribution >= 4 is 5.91 Å². The van der Waals surface area contributed by atoms with Crippen molar-refractivity contribution in [3.8, 4) is 0 Å². The number of carbonyl (C=O) groups is 1. The van der Waals surface area contributed by atoms with Gasteiger partial charge < -0.3 is 18.9 Å². The van der Waals surface area contributed by atoms with Crippen LogP contribution >= 0.6 is 0 Å². The summed E-state index contributed by atoms with van der Waals surface area (Å²) in [6.07, 6.45) is -3.87. The number of pyridine rings is 1. The molecule has 23 heavy (non-hydrogen) atoms. The van der Waals surface area contributed by atoms with Crippen LogP contribution in [0.5, 0.6) is 0 Å². The Balaban J connectivity index is 2.03. The zero-order valence-corrected chi connectivity index (χ0v) is 12.5. The summed E-state index contributed by atoms with van der Waals surface area (Å²) in [5, 5.41) is 0. The van der Waals surface area contributed by atoms with E-state index in [2.05, 4.69) is 0 Å². The Morgan fingerprint density at radius 3 is 2.78 bits per heavy atom. The fourth-order valence-corrected chi connectivity index (χ4v) is 2.19. The topological polar surface area (TPSA) is 60.8 Å². The number of amides is 1. The van der Waals surface area contributed by atoms with Crippen molar-refractivity contribution in [3.63, 3.8) is 0 Å². The minimum Gasteiger partial charge on any atom is -0.376 e. The van der Waals surface area contributed by atoms with Gasteiger partial charge in [-0.1, -0.05) is 0 Å². The van der Waals surface area contributed by atoms with Gasteiger partial charge in [0.1, 0.15) is 12.1 Å². The van der Waals surface area contributed by atoms with E-state index in [0.717, 1.165) is 16.8 Å². The first-order chi connectivity index (χ1) is 10.8. The maximum atomic E-state index is 12.7. The van der Waals surface area contributed by atoms with Crippen LogP contribution in [0.15, 0.2) is 23.1 Å². The van der Waals surface area contributed by atoms with Crippen LogP contribution in [0, 0.1) is 0 Å². The number of halogens is 3. The Morgan fingerprint density at radius 1 is 1.43 bits per heavy atom. The molecule has 0 spiro atoms. The number of nitrogens with zero attached hydrogens (tertiary/aromatic N) is 2. The highest BCUT2D eigenvalue weighted by molar-refractivity contribution is 5.75. The number of likely N-dealkylation sites (N-methyl/N-ethyl adjacent to an activating group) is 1. The molecule has 1 saturated heterocycles. The molecule has 1 aliphatic heterocycles. The van der Waals surface area contributed by atoms with Gasteiger partial charge in [-0.25, -0.2) is 0 Å². The molecule has 128 valence electrons. The molecule has 1 aromatic rings. The third-order valence-electron chi connectivity index (χ3n) is 3.42. The summed E-state index contributed by atoms with van der Waals surface area (Å²) >= 11 is 0. The normalized spacial score (nSPS) is 18.7. The smallest absolute Gasteiger partial charge is 0.376 e. The molecule has 0 aliphatic carbocycles. The van der Waals surface area contributed by atoms with Crippen LogP contribution in [-0.2, 0) is 27.0 Å². The summed E-state index contributed by atoms with van der Waals surface area (Å²) in [7, 11) is 1.50. The first kappa shape index (κ1) is 17.5. The van der Waals surface area contributed by atoms with Gasteiger partial charge in [0.2, 0.25) is 5.91 Å². The second-order valence-corrected chi connectivity index (χ2v) is 5.19. The van der Waals surface area contributed by atoms with E-state index in [4.69, 9.17) is 9.47 Å². The summed E-state index contributed by atoms with van der Waals surface area (Å²) in [5.41, 5.74) is -2.53. The molecule has 0 aromatic carbocycles. The lowest BCUT2D eigenvalue weighted by molar-refractivity contribution is -0.140. The molecule has 9 heteroatoms. The van der Waals surface area contributed by atoms with E-state index in [1.54, 1.807) is 0 Å². The predicted molar refractivity (Wildman–Crippen MR) is 73.9 cm³/mol. The van der Waals surface area contributed by atoms with E-state index < -0.39 is 29.8 Å². The van der Waals surface area contributed by atoms with Gasteiger partial charge in [0.15, 0.2) is 0 Å². The lowest BCUT2D eigenvalue weighted by Gasteiger charge is -2.27. The number of alkyl halides is 3. The summed E-state index contributed by atoms with van der Waals surface area (Å²) in [4.78, 5) is 25.2. The lowest BCUT2D eigenvalue weighted by atomic mass is 10.2. The summed E-state index contributed by atoms with van der Waals surface area (Å²) < 4.78 is 49.4. The van der Waals surface area contributed by atoms with E-state index in [1.165, 1.54) is 11.9 Å². The molecule has 2 rings (SSSR count). The monoisotopic (exact) mass is 334 g/mol. The maximum absolute atomic E-state index is 12.7. The summed E-state index contributed by atoms with van der Waals surface area (Å²) in [5.74, 6) is -0.486. The molecule has 1 fully saturated rings. The van der Waals surface area contributed by atoms with Crippen LogP contribution in [0.4, 0.5) is 13.2 Å². The average Bonchev–Trinajstić information content (AvgIpc) is 2.49. The van der Waals surface area contributed by atoms with Crippen LogP contribution in [0.3, 0.4) is 0 Å². The fourth-order valence-electron chi connectivity index (χ4n) is 2.19. The number of hydrogen-bond acceptors (Lipinski definition) is 4. The zero-order valence-electron chi connectivity index (χ0n) is 12.5. The molecule has 1 aliphatic rings. The van der Waals surface area contributed by atoms with Gasteiger partial charge in [-0.05, 0) is 12.1 Å². The van der Waals surface area contributed by atoms with Crippen molar-refractivity contribution in [3.05, 3.63) is 34.2 Å². The number of carbonyl (C=O) groups excluding carboxylic acids is 1. The molecule has 6 nitrogen and oxygen atoms in total. The Labute approximate surface area is 130 Å². The Kier molecular flexibility index (Phi) is 5.42. The average molecular weight is 334 g/mol. The minimum absolute atomic E-state index is 0.243. The molecule has 0 N–H and O–H groups in total. The highest BCUT2D eigenvalue weighted by Gasteiger charge is 2.34. The molecule has 1 aromatic heterocycles. The highest BCUT2D eigenvalue weighted by Crippen LogP contribution is 2.25. The molecule has 0 bridgehead atoms. The van der Waals surface area contributed by atoms with Crippen molar-refractivity contribution in [1.29, 1.82) is 0 Å². The molecule has 2 heterocycles. The van der Waals surface area contributed by atoms with Crippen molar-refractivity contribution in [2.45, 2.75) is 18.8 Å². The van der Waals surface area contributed by atoms with E-state index in [1.807, 2.05) is 0 Å². The fraction of sp³-hybridized carbons (Fsp3) is 0.571. The van der Waals surface area contributed by atoms with Crippen LogP contribution in [-0.4, -0.2) is 54.9 Å². The Morgan fingerprint density at radius 2 is 2.17 bits per heavy atom. The van der Waals surface area contributed by atoms with E-state index >= 15 is 0 Å². The van der Waals surface area contributed by atoms with Crippen LogP contribution in [0.1, 0.15) is 5.56 Å². The lowest BCUT2D eigenvalue weighted by Crippen LogP contribution is -2.43. The zero-order chi connectivity index (χ0) is 17.0. The van der Waals surface area contributed by atoms with Crippen molar-refractivity contribution in [2.75, 3.05) is 33.4 Å². The van der Waals surface area contributed by atoms with Gasteiger partial charge in [0.05, 0.1) is 25.9 Å². The van der Waals surface area contributed by atoms with Gasteiger partial charge in [-0.15, -0.1) is 0 Å². The Hall–Kier alpha value is -1.87. The maximum Gasteiger partial charge on any atom is 0.421 e. The van der Waals surface area contributed by atoms with Gasteiger partial charge in [0.25, 0.3) is 5.56 Å². The molecular weight excluding hydrogens is 317 g/mol. The number of hydrogen-bond donors (Lipinski definition) is 0. The standard InChI is InChI=1S/C14H17F3N2O4/c1-18(7-10-9-22-5-6-23-10)12(20)8-19-4-2-3-11(13(19)21)14(15,16)17/h2-4,10H,5-9H2,1H3/t10-/m1/s1. The van der Waals surface area contributed by atoms with Gasteiger partial charge in [-0.3, -0.25) is 9.59 Å². The van der Waals surface area contributed by atoms with E-state index in [9.17, 15) is 22.8 Å². The highest BCUT2D eigenvalue weighted by atomic mass is 19.4. The minimum atomic E-state index is -4.75. The first-order valence-corrected chi connectivity index (χ1v) is 6.99. The SMILES string of the molecule is CN(C[C@@H]1COCCO1)C(=O)Cn1cccc(C(F)(F)F)c1=O. The molecular formula is C14H17F3N2O4.